The Bertz CT molecular complexity index is 978. The Morgan fingerprint density at radius 2 is 1.88 bits per heavy atom. The lowest BCUT2D eigenvalue weighted by molar-refractivity contribution is -0.132. The molecule has 0 atom stereocenters. The number of hydrogen-bond donors (Lipinski definition) is 0. The van der Waals surface area contributed by atoms with E-state index in [1.54, 1.807) is 11.3 Å². The number of thiophene rings is 1. The van der Waals surface area contributed by atoms with Crippen LogP contribution in [0.2, 0.25) is 0 Å². The molecule has 184 valence electrons. The highest BCUT2D eigenvalue weighted by atomic mass is 32.1. The molecule has 6 heteroatoms. The van der Waals surface area contributed by atoms with Crippen molar-refractivity contribution >= 4 is 23.2 Å². The van der Waals surface area contributed by atoms with Crippen LogP contribution in [0.3, 0.4) is 0 Å². The summed E-state index contributed by atoms with van der Waals surface area (Å²) < 4.78 is 6.00. The minimum absolute atomic E-state index is 0.0878. The molecule has 2 aliphatic rings. The van der Waals surface area contributed by atoms with Crippen molar-refractivity contribution in [1.82, 2.24) is 9.80 Å². The first-order valence-corrected chi connectivity index (χ1v) is 13.7. The first-order chi connectivity index (χ1) is 16.5. The molecule has 4 rings (SSSR count). The largest absolute Gasteiger partial charge is 0.493 e. The molecule has 5 nitrogen and oxygen atoms in total. The average Bonchev–Trinajstić information content (AvgIpc) is 3.34. The molecule has 1 aromatic carbocycles. The predicted octanol–water partition coefficient (Wildman–Crippen LogP) is 5.58. The van der Waals surface area contributed by atoms with Crippen molar-refractivity contribution in [2.75, 3.05) is 33.3 Å². The second-order valence-corrected chi connectivity index (χ2v) is 11.0. The van der Waals surface area contributed by atoms with E-state index in [-0.39, 0.29) is 17.2 Å². The van der Waals surface area contributed by atoms with Crippen molar-refractivity contribution in [2.45, 2.75) is 64.7 Å². The lowest BCUT2D eigenvalue weighted by Gasteiger charge is -2.44. The molecule has 0 N–H and O–H groups in total. The Hall–Kier alpha value is -2.34. The van der Waals surface area contributed by atoms with Gasteiger partial charge in [0.05, 0.1) is 12.2 Å². The Morgan fingerprint density at radius 1 is 1.09 bits per heavy atom. The van der Waals surface area contributed by atoms with E-state index in [9.17, 15) is 9.59 Å². The molecule has 1 spiro atoms. The predicted molar refractivity (Wildman–Crippen MR) is 138 cm³/mol. The Labute approximate surface area is 208 Å². The lowest BCUT2D eigenvalue weighted by Crippen LogP contribution is -2.48. The molecule has 1 fully saturated rings. The number of benzene rings is 1. The summed E-state index contributed by atoms with van der Waals surface area (Å²) in [6.07, 6.45) is 8.47. The van der Waals surface area contributed by atoms with Crippen LogP contribution in [0.25, 0.3) is 0 Å². The Balaban J connectivity index is 1.43. The van der Waals surface area contributed by atoms with Crippen LogP contribution < -0.4 is 4.74 Å². The van der Waals surface area contributed by atoms with E-state index < -0.39 is 0 Å². The molecule has 0 aliphatic carbocycles. The molecule has 0 unspecified atom stereocenters. The average molecular weight is 483 g/mol. The zero-order valence-electron chi connectivity index (χ0n) is 20.7. The molecular formula is C28H38N2O3S. The van der Waals surface area contributed by atoms with Gasteiger partial charge in [-0.15, -0.1) is 11.3 Å². The highest BCUT2D eigenvalue weighted by molar-refractivity contribution is 7.10. The van der Waals surface area contributed by atoms with Crippen molar-refractivity contribution in [1.29, 1.82) is 0 Å². The molecule has 0 saturated carbocycles. The van der Waals surface area contributed by atoms with Crippen LogP contribution in [0.1, 0.15) is 72.7 Å². The van der Waals surface area contributed by atoms with E-state index in [1.807, 2.05) is 40.4 Å². The summed E-state index contributed by atoms with van der Waals surface area (Å²) in [5.74, 6) is 1.31. The summed E-state index contributed by atoms with van der Waals surface area (Å²) in [4.78, 5) is 31.1. The number of fused-ring (bicyclic) bond motifs is 1. The van der Waals surface area contributed by atoms with Gasteiger partial charge in [0.2, 0.25) is 5.91 Å². The summed E-state index contributed by atoms with van der Waals surface area (Å²) in [6.45, 7) is 5.02. The second-order valence-electron chi connectivity index (χ2n) is 9.96. The van der Waals surface area contributed by atoms with Crippen molar-refractivity contribution in [3.8, 4) is 5.75 Å². The number of ether oxygens (including phenoxy) is 1. The number of carbonyl (C=O) groups excluding carboxylic acids is 2. The summed E-state index contributed by atoms with van der Waals surface area (Å²) in [7, 11) is 1.95. The van der Waals surface area contributed by atoms with Crippen LogP contribution >= 0.6 is 11.3 Å². The Kier molecular flexibility index (Phi) is 8.30. The van der Waals surface area contributed by atoms with Crippen LogP contribution in [0, 0.1) is 5.41 Å². The fraction of sp³-hybridized carbons (Fsp3) is 0.571. The zero-order chi connectivity index (χ0) is 24.0. The van der Waals surface area contributed by atoms with E-state index in [2.05, 4.69) is 19.1 Å². The van der Waals surface area contributed by atoms with Gasteiger partial charge in [0.1, 0.15) is 5.75 Å². The first-order valence-electron chi connectivity index (χ1n) is 12.8. The van der Waals surface area contributed by atoms with Crippen LogP contribution in [-0.2, 0) is 17.6 Å². The third kappa shape index (κ3) is 6.01. The quantitative estimate of drug-likeness (QED) is 0.562. The van der Waals surface area contributed by atoms with E-state index >= 15 is 0 Å². The van der Waals surface area contributed by atoms with Gasteiger partial charge < -0.3 is 14.5 Å². The van der Waals surface area contributed by atoms with Gasteiger partial charge in [0.15, 0.2) is 0 Å². The number of nitrogens with zero attached hydrogens (tertiary/aromatic N) is 2. The third-order valence-corrected chi connectivity index (χ3v) is 8.61. The highest BCUT2D eigenvalue weighted by Gasteiger charge is 2.37. The van der Waals surface area contributed by atoms with E-state index in [4.69, 9.17) is 4.74 Å². The van der Waals surface area contributed by atoms with Gasteiger partial charge in [-0.1, -0.05) is 31.5 Å². The summed E-state index contributed by atoms with van der Waals surface area (Å²) >= 11 is 1.67. The molecule has 2 aliphatic heterocycles. The molecule has 2 aromatic rings. The fourth-order valence-electron chi connectivity index (χ4n) is 5.39. The van der Waals surface area contributed by atoms with Gasteiger partial charge in [-0.25, -0.2) is 0 Å². The highest BCUT2D eigenvalue weighted by Crippen LogP contribution is 2.38. The van der Waals surface area contributed by atoms with E-state index in [0.717, 1.165) is 82.3 Å². The zero-order valence-corrected chi connectivity index (χ0v) is 21.5. The van der Waals surface area contributed by atoms with Crippen LogP contribution in [0.4, 0.5) is 0 Å². The summed E-state index contributed by atoms with van der Waals surface area (Å²) in [5, 5.41) is 2.00. The van der Waals surface area contributed by atoms with E-state index in [1.165, 1.54) is 10.4 Å². The smallest absolute Gasteiger partial charge is 0.254 e. The lowest BCUT2D eigenvalue weighted by atomic mass is 9.73. The third-order valence-electron chi connectivity index (χ3n) is 7.53. The van der Waals surface area contributed by atoms with Crippen molar-refractivity contribution in [2.24, 2.45) is 5.41 Å². The van der Waals surface area contributed by atoms with Crippen molar-refractivity contribution < 1.29 is 14.3 Å². The number of rotatable bonds is 2. The van der Waals surface area contributed by atoms with Gasteiger partial charge in [0, 0.05) is 43.4 Å². The summed E-state index contributed by atoms with van der Waals surface area (Å²) in [6, 6.07) is 10.3. The maximum Gasteiger partial charge on any atom is 0.254 e. The number of carbonyl (C=O) groups is 2. The minimum atomic E-state index is 0.0878. The van der Waals surface area contributed by atoms with Crippen LogP contribution in [-0.4, -0.2) is 54.9 Å². The maximum absolute atomic E-state index is 13.1. The van der Waals surface area contributed by atoms with Gasteiger partial charge in [-0.05, 0) is 68.1 Å². The minimum Gasteiger partial charge on any atom is -0.493 e. The van der Waals surface area contributed by atoms with Gasteiger partial charge in [-0.3, -0.25) is 9.59 Å². The first kappa shape index (κ1) is 24.8. The fourth-order valence-corrected chi connectivity index (χ4v) is 6.20. The van der Waals surface area contributed by atoms with E-state index in [0.29, 0.717) is 13.0 Å². The Morgan fingerprint density at radius 3 is 2.65 bits per heavy atom. The molecular weight excluding hydrogens is 444 g/mol. The van der Waals surface area contributed by atoms with Gasteiger partial charge >= 0.3 is 0 Å². The monoisotopic (exact) mass is 482 g/mol. The topological polar surface area (TPSA) is 49.9 Å². The normalized spacial score (nSPS) is 19.9. The number of aryl methyl sites for hydroxylation is 2. The number of likely N-dealkylation sites (tertiary alicyclic amines) is 1. The molecule has 2 amide bonds. The van der Waals surface area contributed by atoms with Crippen LogP contribution in [0.15, 0.2) is 35.7 Å². The molecule has 1 aromatic heterocycles. The molecule has 34 heavy (non-hydrogen) atoms. The molecule has 3 heterocycles. The number of hydrogen-bond acceptors (Lipinski definition) is 4. The number of piperidine rings is 1. The van der Waals surface area contributed by atoms with Gasteiger partial charge in [-0.2, -0.15) is 0 Å². The molecule has 1 saturated heterocycles. The van der Waals surface area contributed by atoms with Crippen molar-refractivity contribution in [3.05, 3.63) is 51.7 Å². The molecule has 0 bridgehead atoms. The summed E-state index contributed by atoms with van der Waals surface area (Å²) in [5.41, 5.74) is 2.18. The maximum atomic E-state index is 13.1. The standard InChI is InChI=1S/C28H38N2O3S/c1-3-24-19-23(20-34-24)27(32)30-16-14-28(15-17-30)13-7-6-10-22-9-4-5-11-25(22)33-18-8-12-26(31)29(2)21-28/h4-5,9,11,19-20H,3,6-8,10,12-18,21H2,1-2H3. The molecule has 0 radical (unpaired) electrons. The second kappa shape index (κ2) is 11.4. The van der Waals surface area contributed by atoms with Crippen molar-refractivity contribution in [3.63, 3.8) is 0 Å². The number of para-hydroxylation sites is 1. The van der Waals surface area contributed by atoms with Gasteiger partial charge in [0.25, 0.3) is 5.91 Å². The number of amides is 2. The SMILES string of the molecule is CCc1cc(C(=O)N2CCC3(CCCCc4ccccc4OCCCC(=O)N(C)C3)CC2)cs1. The van der Waals surface area contributed by atoms with Crippen LogP contribution in [0.5, 0.6) is 5.75 Å².